The van der Waals surface area contributed by atoms with Crippen molar-refractivity contribution in [2.45, 2.75) is 20.0 Å². The smallest absolute Gasteiger partial charge is 0.193 e. The lowest BCUT2D eigenvalue weighted by Crippen LogP contribution is -2.22. The number of hydrogen-bond donors (Lipinski definition) is 2. The van der Waals surface area contributed by atoms with Gasteiger partial charge in [0, 0.05) is 30.7 Å². The number of guanidine groups is 1. The normalized spacial score (nSPS) is 10.9. The molecule has 1 heterocycles. The fourth-order valence-electron chi connectivity index (χ4n) is 2.87. The Morgan fingerprint density at radius 2 is 1.86 bits per heavy atom. The van der Waals surface area contributed by atoms with E-state index >= 15 is 0 Å². The highest BCUT2D eigenvalue weighted by Crippen LogP contribution is 2.29. The lowest BCUT2D eigenvalue weighted by molar-refractivity contribution is 0.355. The summed E-state index contributed by atoms with van der Waals surface area (Å²) in [5.74, 6) is 2.62. The number of aromatic nitrogens is 2. The second-order valence-corrected chi connectivity index (χ2v) is 6.32. The van der Waals surface area contributed by atoms with Crippen molar-refractivity contribution < 1.29 is 9.47 Å². The number of anilines is 1. The fraction of sp³-hybridized carbons (Fsp3) is 0.238. The summed E-state index contributed by atoms with van der Waals surface area (Å²) in [6.07, 6.45) is 3.79. The average Bonchev–Trinajstić information content (AvgIpc) is 3.11. The first kappa shape index (κ1) is 22.5. The number of nitrogens with zero attached hydrogens (tertiary/aromatic N) is 3. The highest BCUT2D eigenvalue weighted by molar-refractivity contribution is 14.0. The zero-order valence-corrected chi connectivity index (χ0v) is 19.1. The van der Waals surface area contributed by atoms with Crippen LogP contribution >= 0.6 is 24.0 Å². The van der Waals surface area contributed by atoms with E-state index in [1.807, 2.05) is 49.6 Å². The lowest BCUT2D eigenvalue weighted by atomic mass is 10.1. The first-order valence-corrected chi connectivity index (χ1v) is 8.93. The van der Waals surface area contributed by atoms with Gasteiger partial charge < -0.3 is 25.1 Å². The van der Waals surface area contributed by atoms with Crippen molar-refractivity contribution in [2.24, 2.45) is 10.7 Å². The summed E-state index contributed by atoms with van der Waals surface area (Å²) in [7, 11) is 3.19. The standard InChI is InChI=1S/C21H25N5O2.HI/c1-15-23-9-10-26(15)14-17-6-4-5-16(11-17)13-24-21(22)25-18-7-8-19(27-2)20(12-18)28-3;/h4-12H,13-14H2,1-3H3,(H3,22,24,25);1H. The van der Waals surface area contributed by atoms with Crippen LogP contribution in [0.3, 0.4) is 0 Å². The maximum Gasteiger partial charge on any atom is 0.193 e. The predicted molar refractivity (Wildman–Crippen MR) is 126 cm³/mol. The van der Waals surface area contributed by atoms with E-state index in [1.54, 1.807) is 14.2 Å². The Hall–Kier alpha value is -2.75. The van der Waals surface area contributed by atoms with Crippen LogP contribution in [0.2, 0.25) is 0 Å². The Labute approximate surface area is 188 Å². The van der Waals surface area contributed by atoms with Gasteiger partial charge in [-0.05, 0) is 30.2 Å². The number of rotatable bonds is 7. The van der Waals surface area contributed by atoms with E-state index < -0.39 is 0 Å². The van der Waals surface area contributed by atoms with Gasteiger partial charge in [0.25, 0.3) is 0 Å². The molecule has 3 aromatic rings. The number of nitrogens with two attached hydrogens (primary N) is 1. The summed E-state index contributed by atoms with van der Waals surface area (Å²) in [6, 6.07) is 13.8. The first-order valence-electron chi connectivity index (χ1n) is 8.93. The second kappa shape index (κ2) is 10.7. The van der Waals surface area contributed by atoms with E-state index in [1.165, 1.54) is 5.56 Å². The van der Waals surface area contributed by atoms with Gasteiger partial charge in [0.05, 0.1) is 20.8 Å². The molecule has 7 nitrogen and oxygen atoms in total. The van der Waals surface area contributed by atoms with Crippen LogP contribution < -0.4 is 20.5 Å². The van der Waals surface area contributed by atoms with Crippen LogP contribution in [0.1, 0.15) is 17.0 Å². The molecule has 0 spiro atoms. The molecule has 0 aliphatic rings. The van der Waals surface area contributed by atoms with Crippen molar-refractivity contribution in [3.63, 3.8) is 0 Å². The molecule has 0 unspecified atom stereocenters. The van der Waals surface area contributed by atoms with E-state index in [2.05, 4.69) is 32.0 Å². The number of ether oxygens (including phenoxy) is 2. The quantitative estimate of drug-likeness (QED) is 0.289. The molecule has 0 amide bonds. The van der Waals surface area contributed by atoms with E-state index in [4.69, 9.17) is 15.2 Å². The van der Waals surface area contributed by atoms with Crippen LogP contribution in [0.15, 0.2) is 59.9 Å². The fourth-order valence-corrected chi connectivity index (χ4v) is 2.87. The van der Waals surface area contributed by atoms with Crippen molar-refractivity contribution in [3.8, 4) is 11.5 Å². The highest BCUT2D eigenvalue weighted by Gasteiger charge is 2.05. The molecule has 8 heteroatoms. The number of benzene rings is 2. The largest absolute Gasteiger partial charge is 0.493 e. The Bertz CT molecular complexity index is 971. The molecule has 3 rings (SSSR count). The molecule has 0 bridgehead atoms. The topological polar surface area (TPSA) is 86.7 Å². The molecule has 0 fully saturated rings. The summed E-state index contributed by atoms with van der Waals surface area (Å²) < 4.78 is 12.6. The second-order valence-electron chi connectivity index (χ2n) is 6.32. The average molecular weight is 507 g/mol. The monoisotopic (exact) mass is 507 g/mol. The molecule has 1 aromatic heterocycles. The molecule has 2 aromatic carbocycles. The van der Waals surface area contributed by atoms with Crippen molar-refractivity contribution in [1.82, 2.24) is 9.55 Å². The molecule has 0 aliphatic carbocycles. The maximum absolute atomic E-state index is 6.04. The van der Waals surface area contributed by atoms with Gasteiger partial charge in [-0.25, -0.2) is 9.98 Å². The maximum atomic E-state index is 6.04. The first-order chi connectivity index (χ1) is 13.6. The van der Waals surface area contributed by atoms with Gasteiger partial charge in [-0.3, -0.25) is 0 Å². The number of aliphatic imine (C=N–C) groups is 1. The number of halogens is 1. The van der Waals surface area contributed by atoms with Gasteiger partial charge >= 0.3 is 0 Å². The molecule has 0 saturated heterocycles. The van der Waals surface area contributed by atoms with Crippen molar-refractivity contribution in [2.75, 3.05) is 19.5 Å². The van der Waals surface area contributed by atoms with E-state index in [0.29, 0.717) is 24.0 Å². The van der Waals surface area contributed by atoms with Gasteiger partial charge in [-0.2, -0.15) is 0 Å². The van der Waals surface area contributed by atoms with Crippen LogP contribution in [0.4, 0.5) is 5.69 Å². The minimum absolute atomic E-state index is 0. The predicted octanol–water partition coefficient (Wildman–Crippen LogP) is 3.80. The minimum Gasteiger partial charge on any atom is -0.493 e. The Kier molecular flexibility index (Phi) is 8.32. The molecule has 3 N–H and O–H groups in total. The molecular formula is C21H26IN5O2. The van der Waals surface area contributed by atoms with Crippen LogP contribution in [0.25, 0.3) is 0 Å². The zero-order chi connectivity index (χ0) is 19.9. The van der Waals surface area contributed by atoms with E-state index in [9.17, 15) is 0 Å². The van der Waals surface area contributed by atoms with Crippen LogP contribution in [-0.2, 0) is 13.1 Å². The van der Waals surface area contributed by atoms with Gasteiger partial charge in [-0.1, -0.05) is 24.3 Å². The van der Waals surface area contributed by atoms with Gasteiger partial charge in [-0.15, -0.1) is 24.0 Å². The SMILES string of the molecule is COc1ccc(NC(N)=NCc2cccc(Cn3ccnc3C)c2)cc1OC.I. The number of hydrogen-bond acceptors (Lipinski definition) is 4. The zero-order valence-electron chi connectivity index (χ0n) is 16.8. The molecular weight excluding hydrogens is 481 g/mol. The van der Waals surface area contributed by atoms with Crippen LogP contribution in [0, 0.1) is 6.92 Å². The van der Waals surface area contributed by atoms with Crippen molar-refractivity contribution >= 4 is 35.6 Å². The van der Waals surface area contributed by atoms with Crippen molar-refractivity contribution in [1.29, 1.82) is 0 Å². The highest BCUT2D eigenvalue weighted by atomic mass is 127. The van der Waals surface area contributed by atoms with E-state index in [-0.39, 0.29) is 24.0 Å². The third-order valence-electron chi connectivity index (χ3n) is 4.36. The Morgan fingerprint density at radius 1 is 1.10 bits per heavy atom. The summed E-state index contributed by atoms with van der Waals surface area (Å²) in [5.41, 5.74) is 9.10. The van der Waals surface area contributed by atoms with Gasteiger partial charge in [0.1, 0.15) is 5.82 Å². The molecule has 29 heavy (non-hydrogen) atoms. The Morgan fingerprint density at radius 3 is 2.55 bits per heavy atom. The number of aryl methyl sites for hydroxylation is 1. The summed E-state index contributed by atoms with van der Waals surface area (Å²) >= 11 is 0. The van der Waals surface area contributed by atoms with Gasteiger partial charge in [0.15, 0.2) is 17.5 Å². The molecule has 0 saturated carbocycles. The van der Waals surface area contributed by atoms with Crippen molar-refractivity contribution in [3.05, 3.63) is 71.8 Å². The number of imidazole rings is 1. The Balaban J connectivity index is 0.00000300. The molecule has 0 radical (unpaired) electrons. The minimum atomic E-state index is 0. The molecule has 154 valence electrons. The summed E-state index contributed by atoms with van der Waals surface area (Å²) in [4.78, 5) is 8.69. The van der Waals surface area contributed by atoms with Crippen LogP contribution in [-0.4, -0.2) is 29.7 Å². The third-order valence-corrected chi connectivity index (χ3v) is 4.36. The van der Waals surface area contributed by atoms with E-state index in [0.717, 1.165) is 23.6 Å². The van der Waals surface area contributed by atoms with Crippen LogP contribution in [0.5, 0.6) is 11.5 Å². The molecule has 0 atom stereocenters. The molecule has 0 aliphatic heterocycles. The third kappa shape index (κ3) is 6.11. The number of nitrogens with one attached hydrogen (secondary N) is 1. The summed E-state index contributed by atoms with van der Waals surface area (Å²) in [5, 5.41) is 3.08. The number of methoxy groups -OCH3 is 2. The van der Waals surface area contributed by atoms with Gasteiger partial charge in [0.2, 0.25) is 0 Å². The summed E-state index contributed by atoms with van der Waals surface area (Å²) in [6.45, 7) is 3.26. The lowest BCUT2D eigenvalue weighted by Gasteiger charge is -2.11.